The van der Waals surface area contributed by atoms with Crippen molar-refractivity contribution in [2.24, 2.45) is 4.99 Å². The second kappa shape index (κ2) is 5.83. The maximum atomic E-state index is 12.5. The molecule has 3 aromatic rings. The van der Waals surface area contributed by atoms with Crippen LogP contribution in [0.2, 0.25) is 0 Å². The summed E-state index contributed by atoms with van der Waals surface area (Å²) in [5, 5.41) is -0.236. The van der Waals surface area contributed by atoms with Crippen molar-refractivity contribution < 1.29 is 8.42 Å². The van der Waals surface area contributed by atoms with Crippen molar-refractivity contribution in [2.45, 2.75) is 19.0 Å². The van der Waals surface area contributed by atoms with Gasteiger partial charge in [-0.2, -0.15) is 9.36 Å². The molecule has 0 aliphatic carbocycles. The third-order valence-corrected chi connectivity index (χ3v) is 6.03. The third kappa shape index (κ3) is 2.77. The number of aryl methyl sites for hydroxylation is 1. The van der Waals surface area contributed by atoms with Crippen molar-refractivity contribution >= 4 is 55.2 Å². The molecule has 1 aliphatic rings. The number of hydrogen-bond acceptors (Lipinski definition) is 8. The first-order valence-electron chi connectivity index (χ1n) is 7.93. The molecule has 1 aromatic carbocycles. The van der Waals surface area contributed by atoms with E-state index < -0.39 is 15.4 Å². The van der Waals surface area contributed by atoms with Crippen molar-refractivity contribution in [3.8, 4) is 0 Å². The zero-order valence-corrected chi connectivity index (χ0v) is 16.3. The van der Waals surface area contributed by atoms with Crippen molar-refractivity contribution in [2.75, 3.05) is 12.0 Å². The van der Waals surface area contributed by atoms with E-state index in [9.17, 15) is 13.2 Å². The van der Waals surface area contributed by atoms with Crippen LogP contribution >= 0.6 is 11.5 Å². The summed E-state index contributed by atoms with van der Waals surface area (Å²) < 4.78 is 29.1. The van der Waals surface area contributed by atoms with Gasteiger partial charge in [0.15, 0.2) is 0 Å². The van der Waals surface area contributed by atoms with Crippen LogP contribution in [-0.2, 0) is 9.84 Å². The fourth-order valence-corrected chi connectivity index (χ4v) is 4.85. The highest BCUT2D eigenvalue weighted by molar-refractivity contribution is 7.90. The molecule has 2 N–H and O–H groups in total. The Morgan fingerprint density at radius 1 is 1.26 bits per heavy atom. The van der Waals surface area contributed by atoms with Crippen LogP contribution in [0, 0.1) is 6.92 Å². The second-order valence-electron chi connectivity index (χ2n) is 6.35. The maximum absolute atomic E-state index is 12.5. The molecule has 0 saturated carbocycles. The molecule has 0 atom stereocenters. The average Bonchev–Trinajstić information content (AvgIpc) is 3.12. The van der Waals surface area contributed by atoms with Crippen LogP contribution in [0.1, 0.15) is 23.6 Å². The fourth-order valence-electron chi connectivity index (χ4n) is 2.99. The van der Waals surface area contributed by atoms with Crippen LogP contribution in [0.3, 0.4) is 0 Å². The number of rotatable bonds is 2. The Hall–Kier alpha value is -2.85. The molecule has 0 spiro atoms. The van der Waals surface area contributed by atoms with E-state index in [4.69, 9.17) is 5.73 Å². The quantitative estimate of drug-likeness (QED) is 0.702. The standard InChI is InChI=1S/C17H15N5O3S2/c1-8-4-5-13-11(6-8)10(9(2)19-13)7-12-14(18)22-16(20-15(12)23)26-21-17(22)27(3,24)25/h4-7H,18H2,1-3H3/b10-7-. The first-order chi connectivity index (χ1) is 12.7. The van der Waals surface area contributed by atoms with Gasteiger partial charge in [0, 0.05) is 34.6 Å². The van der Waals surface area contributed by atoms with Crippen LogP contribution in [0.4, 0.5) is 11.5 Å². The molecule has 138 valence electrons. The number of sulfone groups is 1. The summed E-state index contributed by atoms with van der Waals surface area (Å²) in [5.41, 5.74) is 10.00. The van der Waals surface area contributed by atoms with Gasteiger partial charge in [-0.05, 0) is 32.1 Å². The summed E-state index contributed by atoms with van der Waals surface area (Å²) in [7, 11) is -3.63. The largest absolute Gasteiger partial charge is 0.384 e. The molecule has 0 fully saturated rings. The highest BCUT2D eigenvalue weighted by atomic mass is 32.2. The number of allylic oxidation sites excluding steroid dienone is 1. The number of aliphatic imine (C=N–C) groups is 1. The molecule has 1 aliphatic heterocycles. The molecule has 10 heteroatoms. The fraction of sp³-hybridized carbons (Fsp3) is 0.176. The van der Waals surface area contributed by atoms with E-state index in [1.807, 2.05) is 32.0 Å². The van der Waals surface area contributed by atoms with Crippen molar-refractivity contribution in [1.82, 2.24) is 13.8 Å². The van der Waals surface area contributed by atoms with Gasteiger partial charge in [-0.25, -0.2) is 12.8 Å². The number of nitrogen functional groups attached to an aromatic ring is 1. The minimum Gasteiger partial charge on any atom is -0.384 e. The summed E-state index contributed by atoms with van der Waals surface area (Å²) >= 11 is 0.810. The number of nitrogens with two attached hydrogens (primary N) is 1. The van der Waals surface area contributed by atoms with Crippen LogP contribution in [0.5, 0.6) is 0 Å². The molecule has 8 nitrogen and oxygen atoms in total. The van der Waals surface area contributed by atoms with E-state index in [1.54, 1.807) is 6.08 Å². The predicted molar refractivity (Wildman–Crippen MR) is 106 cm³/mol. The Kier molecular flexibility index (Phi) is 3.79. The Balaban J connectivity index is 2.02. The highest BCUT2D eigenvalue weighted by Crippen LogP contribution is 2.36. The SMILES string of the molecule is CC1=Nc2ccc(C)cc2/C1=C\c1c(N)n2c(S(C)(=O)=O)nsc2nc1=O. The zero-order valence-electron chi connectivity index (χ0n) is 14.7. The second-order valence-corrected chi connectivity index (χ2v) is 8.99. The first kappa shape index (κ1) is 17.6. The lowest BCUT2D eigenvalue weighted by atomic mass is 9.99. The Morgan fingerprint density at radius 2 is 2.00 bits per heavy atom. The third-order valence-electron chi connectivity index (χ3n) is 4.27. The normalized spacial score (nSPS) is 15.4. The van der Waals surface area contributed by atoms with Gasteiger partial charge >= 0.3 is 0 Å². The van der Waals surface area contributed by atoms with Gasteiger partial charge in [-0.3, -0.25) is 9.79 Å². The van der Waals surface area contributed by atoms with Gasteiger partial charge in [0.25, 0.3) is 5.56 Å². The molecule has 0 bridgehead atoms. The number of nitrogens with zero attached hydrogens (tertiary/aromatic N) is 4. The molecule has 0 radical (unpaired) electrons. The van der Waals surface area contributed by atoms with E-state index >= 15 is 0 Å². The van der Waals surface area contributed by atoms with Gasteiger partial charge in [0.05, 0.1) is 11.3 Å². The lowest BCUT2D eigenvalue weighted by Crippen LogP contribution is -2.18. The lowest BCUT2D eigenvalue weighted by Gasteiger charge is -2.07. The van der Waals surface area contributed by atoms with Gasteiger partial charge in [-0.15, -0.1) is 0 Å². The predicted octanol–water partition coefficient (Wildman–Crippen LogP) is 2.09. The van der Waals surface area contributed by atoms with E-state index in [-0.39, 0.29) is 21.5 Å². The van der Waals surface area contributed by atoms with E-state index in [1.165, 1.54) is 4.40 Å². The topological polar surface area (TPSA) is 120 Å². The Morgan fingerprint density at radius 3 is 2.70 bits per heavy atom. The maximum Gasteiger partial charge on any atom is 0.283 e. The summed E-state index contributed by atoms with van der Waals surface area (Å²) in [4.78, 5) is 21.1. The summed E-state index contributed by atoms with van der Waals surface area (Å²) in [6.07, 6.45) is 2.65. The Labute approximate surface area is 158 Å². The smallest absolute Gasteiger partial charge is 0.283 e. The summed E-state index contributed by atoms with van der Waals surface area (Å²) in [6, 6.07) is 5.86. The highest BCUT2D eigenvalue weighted by Gasteiger charge is 2.23. The van der Waals surface area contributed by atoms with Crippen LogP contribution in [0.15, 0.2) is 33.1 Å². The summed E-state index contributed by atoms with van der Waals surface area (Å²) in [6.45, 7) is 3.81. The van der Waals surface area contributed by atoms with E-state index in [0.29, 0.717) is 0 Å². The lowest BCUT2D eigenvalue weighted by molar-refractivity contribution is 0.593. The number of benzene rings is 1. The van der Waals surface area contributed by atoms with E-state index in [2.05, 4.69) is 14.3 Å². The van der Waals surface area contributed by atoms with Gasteiger partial charge in [0.2, 0.25) is 20.0 Å². The molecule has 0 amide bonds. The average molecular weight is 401 g/mol. The molecular formula is C17H15N5O3S2. The van der Waals surface area contributed by atoms with Gasteiger partial charge in [-0.1, -0.05) is 11.6 Å². The molecule has 4 rings (SSSR count). The summed E-state index contributed by atoms with van der Waals surface area (Å²) in [5.74, 6) is -0.0134. The van der Waals surface area contributed by atoms with Gasteiger partial charge < -0.3 is 5.73 Å². The Bertz CT molecular complexity index is 1350. The van der Waals surface area contributed by atoms with Crippen LogP contribution in [0.25, 0.3) is 16.6 Å². The first-order valence-corrected chi connectivity index (χ1v) is 10.6. The van der Waals surface area contributed by atoms with E-state index in [0.717, 1.165) is 45.9 Å². The monoisotopic (exact) mass is 401 g/mol. The number of anilines is 1. The van der Waals surface area contributed by atoms with Crippen molar-refractivity contribution in [1.29, 1.82) is 0 Å². The molecule has 0 saturated heterocycles. The number of aromatic nitrogens is 3. The van der Waals surface area contributed by atoms with Crippen LogP contribution in [-0.4, -0.2) is 34.1 Å². The number of hydrogen-bond donors (Lipinski definition) is 1. The molecule has 2 aromatic heterocycles. The molecule has 0 unspecified atom stereocenters. The molecular weight excluding hydrogens is 386 g/mol. The zero-order chi connectivity index (χ0) is 19.5. The minimum absolute atomic E-state index is 0.0134. The van der Waals surface area contributed by atoms with Crippen LogP contribution < -0.4 is 11.3 Å². The molecule has 27 heavy (non-hydrogen) atoms. The van der Waals surface area contributed by atoms with Gasteiger partial charge in [0.1, 0.15) is 5.82 Å². The van der Waals surface area contributed by atoms with Crippen molar-refractivity contribution in [3.63, 3.8) is 0 Å². The minimum atomic E-state index is -3.63. The molecule has 3 heterocycles. The van der Waals surface area contributed by atoms with Crippen molar-refractivity contribution in [3.05, 3.63) is 45.2 Å². The number of fused-ring (bicyclic) bond motifs is 2.